The summed E-state index contributed by atoms with van der Waals surface area (Å²) in [4.78, 5) is 0. The van der Waals surface area contributed by atoms with Crippen LogP contribution in [0.3, 0.4) is 0 Å². The van der Waals surface area contributed by atoms with E-state index in [1.54, 1.807) is 0 Å². The van der Waals surface area contributed by atoms with Gasteiger partial charge in [0.15, 0.2) is 0 Å². The molecule has 0 saturated carbocycles. The second-order valence-electron chi connectivity index (χ2n) is 5.76. The summed E-state index contributed by atoms with van der Waals surface area (Å²) in [5.41, 5.74) is 1.38. The fourth-order valence-corrected chi connectivity index (χ4v) is 3.50. The Bertz CT molecular complexity index is 579. The Morgan fingerprint density at radius 2 is 1.76 bits per heavy atom. The van der Waals surface area contributed by atoms with Gasteiger partial charge >= 0.3 is 0 Å². The Kier molecular flexibility index (Phi) is 6.08. The molecule has 0 bridgehead atoms. The zero-order chi connectivity index (χ0) is 15.2. The van der Waals surface area contributed by atoms with Crippen molar-refractivity contribution in [2.45, 2.75) is 45.6 Å². The predicted octanol–water partition coefficient (Wildman–Crippen LogP) is 5.97. The number of unbranched alkanes of at least 4 members (excludes halogenated alkanes) is 1. The monoisotopic (exact) mass is 303 g/mol. The Labute approximate surface area is 133 Å². The molecule has 2 aromatic carbocycles. The SMILES string of the molecule is CCCCC(CC)C(NC)c1ccc(Cl)c2ccccc12. The first-order valence-electron chi connectivity index (χ1n) is 8.07. The first-order valence-corrected chi connectivity index (χ1v) is 8.45. The molecule has 0 fully saturated rings. The molecule has 21 heavy (non-hydrogen) atoms. The molecule has 0 radical (unpaired) electrons. The van der Waals surface area contributed by atoms with Crippen molar-refractivity contribution in [3.63, 3.8) is 0 Å². The van der Waals surface area contributed by atoms with Crippen molar-refractivity contribution in [3.05, 3.63) is 47.0 Å². The molecule has 2 heteroatoms. The average molecular weight is 304 g/mol. The normalized spacial score (nSPS) is 14.3. The molecule has 0 saturated heterocycles. The first-order chi connectivity index (χ1) is 10.2. The molecule has 0 aliphatic heterocycles. The van der Waals surface area contributed by atoms with E-state index in [9.17, 15) is 0 Å². The fraction of sp³-hybridized carbons (Fsp3) is 0.474. The summed E-state index contributed by atoms with van der Waals surface area (Å²) < 4.78 is 0. The molecule has 0 spiro atoms. The van der Waals surface area contributed by atoms with Gasteiger partial charge in [0.05, 0.1) is 0 Å². The minimum absolute atomic E-state index is 0.392. The van der Waals surface area contributed by atoms with Gasteiger partial charge in [0.1, 0.15) is 0 Å². The molecule has 2 aromatic rings. The highest BCUT2D eigenvalue weighted by atomic mass is 35.5. The highest BCUT2D eigenvalue weighted by Gasteiger charge is 2.21. The quantitative estimate of drug-likeness (QED) is 0.664. The van der Waals surface area contributed by atoms with Crippen LogP contribution >= 0.6 is 11.6 Å². The molecule has 0 amide bonds. The molecular weight excluding hydrogens is 278 g/mol. The van der Waals surface area contributed by atoms with E-state index >= 15 is 0 Å². The van der Waals surface area contributed by atoms with E-state index in [2.05, 4.69) is 56.5 Å². The molecule has 0 aliphatic rings. The van der Waals surface area contributed by atoms with Crippen LogP contribution in [0.2, 0.25) is 5.02 Å². The number of hydrogen-bond donors (Lipinski definition) is 1. The van der Waals surface area contributed by atoms with Gasteiger partial charge in [0.25, 0.3) is 0 Å². The fourth-order valence-electron chi connectivity index (χ4n) is 3.27. The number of fused-ring (bicyclic) bond motifs is 1. The van der Waals surface area contributed by atoms with E-state index in [0.717, 1.165) is 10.4 Å². The summed E-state index contributed by atoms with van der Waals surface area (Å²) in [7, 11) is 2.07. The number of rotatable bonds is 7. The summed E-state index contributed by atoms with van der Waals surface area (Å²) in [6, 6.07) is 13.1. The van der Waals surface area contributed by atoms with Crippen LogP contribution in [0.4, 0.5) is 0 Å². The van der Waals surface area contributed by atoms with Crippen LogP contribution in [0.5, 0.6) is 0 Å². The smallest absolute Gasteiger partial charge is 0.0484 e. The second-order valence-corrected chi connectivity index (χ2v) is 6.17. The molecule has 114 valence electrons. The highest BCUT2D eigenvalue weighted by molar-refractivity contribution is 6.35. The minimum atomic E-state index is 0.392. The van der Waals surface area contributed by atoms with E-state index in [-0.39, 0.29) is 0 Å². The van der Waals surface area contributed by atoms with Gasteiger partial charge in [-0.15, -0.1) is 0 Å². The second kappa shape index (κ2) is 7.82. The largest absolute Gasteiger partial charge is 0.313 e. The van der Waals surface area contributed by atoms with Gasteiger partial charge in [-0.2, -0.15) is 0 Å². The molecule has 1 nitrogen and oxygen atoms in total. The predicted molar refractivity (Wildman–Crippen MR) is 94.1 cm³/mol. The van der Waals surface area contributed by atoms with Crippen LogP contribution in [0.25, 0.3) is 10.8 Å². The van der Waals surface area contributed by atoms with Crippen LogP contribution in [-0.2, 0) is 0 Å². The zero-order valence-electron chi connectivity index (χ0n) is 13.3. The van der Waals surface area contributed by atoms with Crippen LogP contribution < -0.4 is 5.32 Å². The standard InChI is InChI=1S/C19H26ClN/c1-4-6-9-14(5-2)19(21-3)17-12-13-18(20)16-11-8-7-10-15(16)17/h7-8,10-14,19,21H,4-6,9H2,1-3H3. The van der Waals surface area contributed by atoms with E-state index in [4.69, 9.17) is 11.6 Å². The molecular formula is C19H26ClN. The molecule has 2 atom stereocenters. The van der Waals surface area contributed by atoms with Crippen molar-refractivity contribution < 1.29 is 0 Å². The summed E-state index contributed by atoms with van der Waals surface area (Å²) in [5.74, 6) is 0.666. The van der Waals surface area contributed by atoms with E-state index < -0.39 is 0 Å². The topological polar surface area (TPSA) is 12.0 Å². The summed E-state index contributed by atoms with van der Waals surface area (Å²) >= 11 is 6.35. The van der Waals surface area contributed by atoms with E-state index in [1.807, 2.05) is 6.07 Å². The Morgan fingerprint density at radius 3 is 2.38 bits per heavy atom. The third kappa shape index (κ3) is 3.59. The maximum atomic E-state index is 6.35. The van der Waals surface area contributed by atoms with Gasteiger partial charge in [0, 0.05) is 16.5 Å². The van der Waals surface area contributed by atoms with Crippen LogP contribution in [0.15, 0.2) is 36.4 Å². The maximum absolute atomic E-state index is 6.35. The van der Waals surface area contributed by atoms with Crippen molar-refractivity contribution in [2.24, 2.45) is 5.92 Å². The van der Waals surface area contributed by atoms with Crippen molar-refractivity contribution in [1.82, 2.24) is 5.32 Å². The third-order valence-corrected chi connectivity index (χ3v) is 4.80. The van der Waals surface area contributed by atoms with Gasteiger partial charge < -0.3 is 5.32 Å². The van der Waals surface area contributed by atoms with Gasteiger partial charge in [-0.3, -0.25) is 0 Å². The van der Waals surface area contributed by atoms with Gasteiger partial charge in [-0.1, -0.05) is 75.0 Å². The molecule has 0 aromatic heterocycles. The minimum Gasteiger partial charge on any atom is -0.313 e. The van der Waals surface area contributed by atoms with Gasteiger partial charge in [0.2, 0.25) is 0 Å². The van der Waals surface area contributed by atoms with Crippen molar-refractivity contribution in [1.29, 1.82) is 0 Å². The lowest BCUT2D eigenvalue weighted by Crippen LogP contribution is -2.25. The lowest BCUT2D eigenvalue weighted by atomic mass is 9.85. The molecule has 2 rings (SSSR count). The third-order valence-electron chi connectivity index (χ3n) is 4.47. The van der Waals surface area contributed by atoms with Gasteiger partial charge in [-0.25, -0.2) is 0 Å². The lowest BCUT2D eigenvalue weighted by molar-refractivity contribution is 0.340. The van der Waals surface area contributed by atoms with Crippen molar-refractivity contribution in [2.75, 3.05) is 7.05 Å². The average Bonchev–Trinajstić information content (AvgIpc) is 2.53. The number of halogens is 1. The van der Waals surface area contributed by atoms with Crippen molar-refractivity contribution in [3.8, 4) is 0 Å². The Balaban J connectivity index is 2.44. The van der Waals surface area contributed by atoms with Crippen LogP contribution in [0, 0.1) is 5.92 Å². The zero-order valence-corrected chi connectivity index (χ0v) is 14.1. The maximum Gasteiger partial charge on any atom is 0.0484 e. The van der Waals surface area contributed by atoms with Crippen LogP contribution in [0.1, 0.15) is 51.1 Å². The summed E-state index contributed by atoms with van der Waals surface area (Å²) in [6.45, 7) is 4.56. The summed E-state index contributed by atoms with van der Waals surface area (Å²) in [5, 5.41) is 6.82. The molecule has 0 aliphatic carbocycles. The van der Waals surface area contributed by atoms with E-state index in [1.165, 1.54) is 36.6 Å². The number of benzene rings is 2. The molecule has 0 heterocycles. The highest BCUT2D eigenvalue weighted by Crippen LogP contribution is 2.35. The number of hydrogen-bond acceptors (Lipinski definition) is 1. The Morgan fingerprint density at radius 1 is 1.05 bits per heavy atom. The van der Waals surface area contributed by atoms with Crippen molar-refractivity contribution >= 4 is 22.4 Å². The Hall–Kier alpha value is -1.05. The lowest BCUT2D eigenvalue weighted by Gasteiger charge is -2.28. The first kappa shape index (κ1) is 16.3. The van der Waals surface area contributed by atoms with Crippen LogP contribution in [-0.4, -0.2) is 7.05 Å². The van der Waals surface area contributed by atoms with Gasteiger partial charge in [-0.05, 0) is 36.4 Å². The molecule has 1 N–H and O–H groups in total. The molecule has 2 unspecified atom stereocenters. The van der Waals surface area contributed by atoms with E-state index in [0.29, 0.717) is 12.0 Å². The number of nitrogens with one attached hydrogen (secondary N) is 1. The summed E-state index contributed by atoms with van der Waals surface area (Å²) in [6.07, 6.45) is 5.02.